The highest BCUT2D eigenvalue weighted by molar-refractivity contribution is 5.39. The maximum absolute atomic E-state index is 4.31. The molecule has 0 saturated carbocycles. The number of hydrogen-bond donors (Lipinski definition) is 0. The highest BCUT2D eigenvalue weighted by atomic mass is 14.7. The number of aromatic nitrogens is 1. The second-order valence-electron chi connectivity index (χ2n) is 3.28. The van der Waals surface area contributed by atoms with Crippen molar-refractivity contribution in [3.8, 4) is 11.8 Å². The summed E-state index contributed by atoms with van der Waals surface area (Å²) in [6.45, 7) is 1.97. The highest BCUT2D eigenvalue weighted by Crippen LogP contribution is 1.98. The molecule has 1 aromatic carbocycles. The molecule has 0 aliphatic rings. The first-order valence-corrected chi connectivity index (χ1v) is 4.85. The van der Waals surface area contributed by atoms with Crippen LogP contribution in [0.3, 0.4) is 0 Å². The summed E-state index contributed by atoms with van der Waals surface area (Å²) >= 11 is 0. The first kappa shape index (κ1) is 9.48. The topological polar surface area (TPSA) is 12.9 Å². The van der Waals surface area contributed by atoms with E-state index in [2.05, 4.69) is 16.8 Å². The summed E-state index contributed by atoms with van der Waals surface area (Å²) in [6.07, 6.45) is 0. The minimum atomic E-state index is 0.818. The van der Waals surface area contributed by atoms with Crippen LogP contribution in [-0.4, -0.2) is 4.98 Å². The monoisotopic (exact) mass is 192 g/mol. The lowest BCUT2D eigenvalue weighted by molar-refractivity contribution is 1.18. The van der Waals surface area contributed by atoms with Gasteiger partial charge in [0.15, 0.2) is 0 Å². The molecule has 0 atom stereocenters. The van der Waals surface area contributed by atoms with Crippen LogP contribution in [0.5, 0.6) is 0 Å². The average molecular weight is 192 g/mol. The summed E-state index contributed by atoms with van der Waals surface area (Å²) in [4.78, 5) is 4.31. The van der Waals surface area contributed by atoms with E-state index < -0.39 is 0 Å². The predicted molar refractivity (Wildman–Crippen MR) is 61.4 cm³/mol. The van der Waals surface area contributed by atoms with E-state index in [9.17, 15) is 0 Å². The van der Waals surface area contributed by atoms with Gasteiger partial charge >= 0.3 is 0 Å². The van der Waals surface area contributed by atoms with Crippen LogP contribution >= 0.6 is 0 Å². The van der Waals surface area contributed by atoms with E-state index in [4.69, 9.17) is 0 Å². The molecule has 0 aliphatic carbocycles. The van der Waals surface area contributed by atoms with Gasteiger partial charge in [0.2, 0.25) is 0 Å². The Kier molecular flexibility index (Phi) is 2.80. The van der Waals surface area contributed by atoms with Gasteiger partial charge in [-0.2, -0.15) is 0 Å². The van der Waals surface area contributed by atoms with Crippen molar-refractivity contribution in [3.63, 3.8) is 0 Å². The SMILES string of the molecule is [11CH3]c1cccc(C#Cc2ccccc2)n1. The van der Waals surface area contributed by atoms with Crippen molar-refractivity contribution in [1.29, 1.82) is 0 Å². The number of aryl methyl sites for hydroxylation is 1. The fourth-order valence-electron chi connectivity index (χ4n) is 1.27. The molecule has 1 heterocycles. The Hall–Kier alpha value is -2.07. The third-order valence-electron chi connectivity index (χ3n) is 2.00. The second kappa shape index (κ2) is 4.43. The van der Waals surface area contributed by atoms with Crippen LogP contribution in [0.25, 0.3) is 0 Å². The van der Waals surface area contributed by atoms with Gasteiger partial charge < -0.3 is 0 Å². The van der Waals surface area contributed by atoms with Gasteiger partial charge in [0.25, 0.3) is 0 Å². The third kappa shape index (κ3) is 2.69. The Morgan fingerprint density at radius 3 is 2.40 bits per heavy atom. The van der Waals surface area contributed by atoms with Crippen LogP contribution in [-0.2, 0) is 0 Å². The van der Waals surface area contributed by atoms with Crippen molar-refractivity contribution in [1.82, 2.24) is 4.98 Å². The average Bonchev–Trinajstić information content (AvgIpc) is 2.28. The molecule has 72 valence electrons. The Balaban J connectivity index is 2.26. The smallest absolute Gasteiger partial charge is 0.113 e. The largest absolute Gasteiger partial charge is 0.245 e. The molecule has 1 aromatic heterocycles. The van der Waals surface area contributed by atoms with E-state index >= 15 is 0 Å². The van der Waals surface area contributed by atoms with Crippen LogP contribution in [0.4, 0.5) is 0 Å². The maximum atomic E-state index is 4.31. The molecule has 0 bridgehead atoms. The van der Waals surface area contributed by atoms with Gasteiger partial charge in [-0.3, -0.25) is 0 Å². The van der Waals surface area contributed by atoms with E-state index in [1.54, 1.807) is 0 Å². The molecule has 15 heavy (non-hydrogen) atoms. The van der Waals surface area contributed by atoms with Crippen LogP contribution in [0.2, 0.25) is 0 Å². The Morgan fingerprint density at radius 2 is 1.67 bits per heavy atom. The molecular formula is C14H11N. The third-order valence-corrected chi connectivity index (χ3v) is 2.00. The van der Waals surface area contributed by atoms with Crippen LogP contribution in [0.1, 0.15) is 17.0 Å². The quantitative estimate of drug-likeness (QED) is 0.585. The van der Waals surface area contributed by atoms with Gasteiger partial charge in [-0.05, 0) is 37.1 Å². The van der Waals surface area contributed by atoms with Crippen molar-refractivity contribution in [3.05, 3.63) is 65.5 Å². The van der Waals surface area contributed by atoms with Crippen LogP contribution in [0, 0.1) is 18.8 Å². The zero-order valence-corrected chi connectivity index (χ0v) is 8.57. The fourth-order valence-corrected chi connectivity index (χ4v) is 1.27. The molecule has 0 saturated heterocycles. The van der Waals surface area contributed by atoms with E-state index in [1.807, 2.05) is 55.5 Å². The molecular weight excluding hydrogens is 181 g/mol. The van der Waals surface area contributed by atoms with E-state index in [-0.39, 0.29) is 0 Å². The van der Waals surface area contributed by atoms with Crippen molar-refractivity contribution in [2.24, 2.45) is 0 Å². The minimum Gasteiger partial charge on any atom is -0.245 e. The lowest BCUT2D eigenvalue weighted by atomic mass is 10.1. The normalized spacial score (nSPS) is 9.13. The van der Waals surface area contributed by atoms with Crippen molar-refractivity contribution < 1.29 is 0 Å². The Bertz CT molecular complexity index is 504. The number of rotatable bonds is 0. The van der Waals surface area contributed by atoms with Crippen LogP contribution in [0.15, 0.2) is 48.5 Å². The second-order valence-corrected chi connectivity index (χ2v) is 3.28. The molecule has 0 amide bonds. The summed E-state index contributed by atoms with van der Waals surface area (Å²) in [5, 5.41) is 0. The molecule has 0 spiro atoms. The molecule has 1 nitrogen and oxygen atoms in total. The van der Waals surface area contributed by atoms with Crippen molar-refractivity contribution in [2.45, 2.75) is 6.92 Å². The molecule has 0 aliphatic heterocycles. The summed E-state index contributed by atoms with van der Waals surface area (Å²) < 4.78 is 0. The van der Waals surface area contributed by atoms with E-state index in [0.717, 1.165) is 17.0 Å². The Morgan fingerprint density at radius 1 is 0.867 bits per heavy atom. The van der Waals surface area contributed by atoms with Crippen molar-refractivity contribution in [2.75, 3.05) is 0 Å². The lowest BCUT2D eigenvalue weighted by Gasteiger charge is -1.91. The molecule has 1 heteroatoms. The lowest BCUT2D eigenvalue weighted by Crippen LogP contribution is -1.84. The molecule has 0 N–H and O–H groups in total. The zero-order chi connectivity index (χ0) is 10.5. The standard InChI is InChI=1S/C14H11N/c1-12-6-5-9-14(15-12)11-10-13-7-3-2-4-8-13/h2-9H,1H3/i1-1. The maximum Gasteiger partial charge on any atom is 0.113 e. The van der Waals surface area contributed by atoms with Gasteiger partial charge in [0.05, 0.1) is 0 Å². The number of benzene rings is 1. The highest BCUT2D eigenvalue weighted by Gasteiger charge is 1.88. The zero-order valence-electron chi connectivity index (χ0n) is 8.57. The van der Waals surface area contributed by atoms with Gasteiger partial charge in [-0.1, -0.05) is 30.2 Å². The number of nitrogens with zero attached hydrogens (tertiary/aromatic N) is 1. The Labute approximate surface area is 89.8 Å². The van der Waals surface area contributed by atoms with Gasteiger partial charge in [-0.25, -0.2) is 4.98 Å². The summed E-state index contributed by atoms with van der Waals surface area (Å²) in [7, 11) is 0. The van der Waals surface area contributed by atoms with Gasteiger partial charge in [0.1, 0.15) is 5.69 Å². The summed E-state index contributed by atoms with van der Waals surface area (Å²) in [5.41, 5.74) is 2.83. The predicted octanol–water partition coefficient (Wildman–Crippen LogP) is 2.79. The first-order chi connectivity index (χ1) is 7.34. The van der Waals surface area contributed by atoms with Crippen LogP contribution < -0.4 is 0 Å². The summed E-state index contributed by atoms with van der Waals surface area (Å²) in [5.74, 6) is 6.12. The molecule has 2 rings (SSSR count). The van der Waals surface area contributed by atoms with Gasteiger partial charge in [0, 0.05) is 11.3 Å². The number of pyridine rings is 1. The molecule has 2 aromatic rings. The van der Waals surface area contributed by atoms with E-state index in [1.165, 1.54) is 0 Å². The molecule has 0 radical (unpaired) electrons. The first-order valence-electron chi connectivity index (χ1n) is 4.85. The summed E-state index contributed by atoms with van der Waals surface area (Å²) in [6, 6.07) is 15.8. The van der Waals surface area contributed by atoms with Crippen molar-refractivity contribution >= 4 is 0 Å². The molecule has 0 unspecified atom stereocenters. The fraction of sp³-hybridized carbons (Fsp3) is 0.0714. The van der Waals surface area contributed by atoms with E-state index in [0.29, 0.717) is 0 Å². The van der Waals surface area contributed by atoms with Gasteiger partial charge in [-0.15, -0.1) is 0 Å². The number of hydrogen-bond acceptors (Lipinski definition) is 1. The minimum absolute atomic E-state index is 0.818. The molecule has 0 fully saturated rings.